The van der Waals surface area contributed by atoms with Crippen LogP contribution in [-0.4, -0.2) is 5.11 Å². The van der Waals surface area contributed by atoms with Crippen molar-refractivity contribution in [1.29, 1.82) is 0 Å². The Morgan fingerprint density at radius 3 is 2.78 bits per heavy atom. The number of hydrogen-bond donors (Lipinski definition) is 1. The summed E-state index contributed by atoms with van der Waals surface area (Å²) in [6, 6.07) is 2.67. The van der Waals surface area contributed by atoms with Crippen LogP contribution in [0.2, 0.25) is 0 Å². The van der Waals surface area contributed by atoms with Gasteiger partial charge in [0.05, 0.1) is 11.2 Å². The quantitative estimate of drug-likeness (QED) is 0.843. The minimum Gasteiger partial charge on any atom is -0.385 e. The van der Waals surface area contributed by atoms with E-state index in [0.29, 0.717) is 24.3 Å². The fourth-order valence-electron chi connectivity index (χ4n) is 3.02. The van der Waals surface area contributed by atoms with E-state index in [1.807, 2.05) is 0 Å². The highest BCUT2D eigenvalue weighted by atomic mass is 19.1. The van der Waals surface area contributed by atoms with Gasteiger partial charge in [-0.2, -0.15) is 0 Å². The first kappa shape index (κ1) is 13.5. The maximum atomic E-state index is 14.1. The van der Waals surface area contributed by atoms with Crippen molar-refractivity contribution in [1.82, 2.24) is 0 Å². The van der Waals surface area contributed by atoms with Crippen molar-refractivity contribution >= 4 is 0 Å². The van der Waals surface area contributed by atoms with Crippen molar-refractivity contribution in [3.63, 3.8) is 0 Å². The summed E-state index contributed by atoms with van der Waals surface area (Å²) in [5.74, 6) is -0.866. The Labute approximate surface area is 107 Å². The zero-order valence-corrected chi connectivity index (χ0v) is 11.0. The van der Waals surface area contributed by atoms with Gasteiger partial charge in [-0.3, -0.25) is 0 Å². The third-order valence-electron chi connectivity index (χ3n) is 4.16. The van der Waals surface area contributed by atoms with Crippen LogP contribution in [0.1, 0.15) is 50.2 Å². The number of aryl methyl sites for hydroxylation is 1. The van der Waals surface area contributed by atoms with E-state index in [-0.39, 0.29) is 5.56 Å². The molecule has 1 aliphatic rings. The fraction of sp³-hybridized carbons (Fsp3) is 0.600. The summed E-state index contributed by atoms with van der Waals surface area (Å²) in [4.78, 5) is 0. The molecule has 1 aliphatic carbocycles. The molecule has 0 spiro atoms. The summed E-state index contributed by atoms with van der Waals surface area (Å²) in [5.41, 5.74) is -1.07. The molecular formula is C15H20F2O. The lowest BCUT2D eigenvalue weighted by atomic mass is 9.73. The summed E-state index contributed by atoms with van der Waals surface area (Å²) < 4.78 is 28.0. The molecule has 2 unspecified atom stereocenters. The standard InChI is InChI=1S/C15H20F2O/c1-3-11-5-4-8-15(18,9-11)13-12(16)7-6-10(2)14(13)17/h6-7,11,18H,3-5,8-9H2,1-2H3. The van der Waals surface area contributed by atoms with Crippen molar-refractivity contribution in [2.24, 2.45) is 5.92 Å². The Morgan fingerprint density at radius 2 is 2.11 bits per heavy atom. The molecule has 0 aromatic heterocycles. The molecule has 0 heterocycles. The van der Waals surface area contributed by atoms with Gasteiger partial charge in [-0.05, 0) is 43.7 Å². The smallest absolute Gasteiger partial charge is 0.135 e. The van der Waals surface area contributed by atoms with Gasteiger partial charge in [-0.15, -0.1) is 0 Å². The van der Waals surface area contributed by atoms with Crippen molar-refractivity contribution in [2.45, 2.75) is 51.6 Å². The largest absolute Gasteiger partial charge is 0.385 e. The van der Waals surface area contributed by atoms with Crippen LogP contribution in [0.3, 0.4) is 0 Å². The molecule has 2 rings (SSSR count). The minimum atomic E-state index is -1.33. The number of halogens is 2. The molecule has 0 saturated heterocycles. The third-order valence-corrected chi connectivity index (χ3v) is 4.16. The fourth-order valence-corrected chi connectivity index (χ4v) is 3.02. The SMILES string of the molecule is CCC1CCCC(O)(c2c(F)ccc(C)c2F)C1. The first-order valence-corrected chi connectivity index (χ1v) is 6.65. The highest BCUT2D eigenvalue weighted by Gasteiger charge is 2.39. The highest BCUT2D eigenvalue weighted by Crippen LogP contribution is 2.43. The van der Waals surface area contributed by atoms with Gasteiger partial charge in [0.1, 0.15) is 11.6 Å². The van der Waals surface area contributed by atoms with E-state index < -0.39 is 17.2 Å². The molecule has 1 nitrogen and oxygen atoms in total. The zero-order chi connectivity index (χ0) is 13.3. The Morgan fingerprint density at radius 1 is 1.39 bits per heavy atom. The normalized spacial score (nSPS) is 28.4. The predicted octanol–water partition coefficient (Wildman–Crippen LogP) is 4.06. The number of benzene rings is 1. The van der Waals surface area contributed by atoms with Gasteiger partial charge in [-0.25, -0.2) is 8.78 Å². The van der Waals surface area contributed by atoms with Crippen molar-refractivity contribution in [3.05, 3.63) is 34.9 Å². The summed E-state index contributed by atoms with van der Waals surface area (Å²) >= 11 is 0. The molecule has 2 atom stereocenters. The second kappa shape index (κ2) is 4.96. The molecule has 0 amide bonds. The molecule has 1 aromatic rings. The number of rotatable bonds is 2. The minimum absolute atomic E-state index is 0.124. The zero-order valence-electron chi connectivity index (χ0n) is 11.0. The van der Waals surface area contributed by atoms with Gasteiger partial charge in [0.15, 0.2) is 0 Å². The summed E-state index contributed by atoms with van der Waals surface area (Å²) in [6.07, 6.45) is 3.70. The molecular weight excluding hydrogens is 234 g/mol. The van der Waals surface area contributed by atoms with Gasteiger partial charge < -0.3 is 5.11 Å². The first-order chi connectivity index (χ1) is 8.48. The topological polar surface area (TPSA) is 20.2 Å². The van der Waals surface area contributed by atoms with E-state index in [1.165, 1.54) is 12.1 Å². The maximum absolute atomic E-state index is 14.1. The molecule has 0 bridgehead atoms. The van der Waals surface area contributed by atoms with Crippen LogP contribution >= 0.6 is 0 Å². The second-order valence-corrected chi connectivity index (χ2v) is 5.46. The van der Waals surface area contributed by atoms with E-state index in [2.05, 4.69) is 6.92 Å². The molecule has 0 radical (unpaired) electrons. The van der Waals surface area contributed by atoms with Crippen LogP contribution in [0, 0.1) is 24.5 Å². The van der Waals surface area contributed by atoms with E-state index in [0.717, 1.165) is 19.3 Å². The van der Waals surface area contributed by atoms with Crippen LogP contribution in [-0.2, 0) is 5.60 Å². The summed E-state index contributed by atoms with van der Waals surface area (Å²) in [6.45, 7) is 3.65. The predicted molar refractivity (Wildman–Crippen MR) is 67.2 cm³/mol. The second-order valence-electron chi connectivity index (χ2n) is 5.46. The lowest BCUT2D eigenvalue weighted by Crippen LogP contribution is -2.34. The van der Waals surface area contributed by atoms with E-state index in [1.54, 1.807) is 6.92 Å². The van der Waals surface area contributed by atoms with E-state index >= 15 is 0 Å². The number of aliphatic hydroxyl groups is 1. The Hall–Kier alpha value is -0.960. The highest BCUT2D eigenvalue weighted by molar-refractivity contribution is 5.31. The van der Waals surface area contributed by atoms with Crippen molar-refractivity contribution < 1.29 is 13.9 Å². The van der Waals surface area contributed by atoms with Gasteiger partial charge in [0.25, 0.3) is 0 Å². The molecule has 1 saturated carbocycles. The van der Waals surface area contributed by atoms with Crippen LogP contribution in [0.25, 0.3) is 0 Å². The van der Waals surface area contributed by atoms with Crippen molar-refractivity contribution in [2.75, 3.05) is 0 Å². The average Bonchev–Trinajstić information content (AvgIpc) is 2.34. The monoisotopic (exact) mass is 254 g/mol. The number of hydrogen-bond acceptors (Lipinski definition) is 1. The van der Waals surface area contributed by atoms with E-state index in [4.69, 9.17) is 0 Å². The first-order valence-electron chi connectivity index (χ1n) is 6.65. The molecule has 18 heavy (non-hydrogen) atoms. The molecule has 1 aromatic carbocycles. The van der Waals surface area contributed by atoms with Gasteiger partial charge in [0, 0.05) is 0 Å². The maximum Gasteiger partial charge on any atom is 0.135 e. The lowest BCUT2D eigenvalue weighted by molar-refractivity contribution is -0.0275. The lowest BCUT2D eigenvalue weighted by Gasteiger charge is -2.37. The van der Waals surface area contributed by atoms with Crippen LogP contribution in [0.15, 0.2) is 12.1 Å². The van der Waals surface area contributed by atoms with E-state index in [9.17, 15) is 13.9 Å². The average molecular weight is 254 g/mol. The van der Waals surface area contributed by atoms with Crippen LogP contribution in [0.5, 0.6) is 0 Å². The Kier molecular flexibility index (Phi) is 3.71. The molecule has 1 N–H and O–H groups in total. The summed E-state index contributed by atoms with van der Waals surface area (Å²) in [7, 11) is 0. The Balaban J connectivity index is 2.43. The van der Waals surface area contributed by atoms with Gasteiger partial charge in [0.2, 0.25) is 0 Å². The molecule has 100 valence electrons. The third kappa shape index (κ3) is 2.28. The van der Waals surface area contributed by atoms with Gasteiger partial charge in [-0.1, -0.05) is 25.8 Å². The van der Waals surface area contributed by atoms with Crippen molar-refractivity contribution in [3.8, 4) is 0 Å². The molecule has 1 fully saturated rings. The van der Waals surface area contributed by atoms with Crippen LogP contribution < -0.4 is 0 Å². The molecule has 3 heteroatoms. The molecule has 0 aliphatic heterocycles. The summed E-state index contributed by atoms with van der Waals surface area (Å²) in [5, 5.41) is 10.7. The van der Waals surface area contributed by atoms with Crippen LogP contribution in [0.4, 0.5) is 8.78 Å². The Bertz CT molecular complexity index is 444. The van der Waals surface area contributed by atoms with Gasteiger partial charge >= 0.3 is 0 Å².